The van der Waals surface area contributed by atoms with E-state index in [0.717, 1.165) is 22.0 Å². The number of pyridine rings is 3. The van der Waals surface area contributed by atoms with Crippen LogP contribution in [0, 0.1) is 0 Å². The highest BCUT2D eigenvalue weighted by atomic mass is 16.5. The van der Waals surface area contributed by atoms with E-state index < -0.39 is 0 Å². The Hall–Kier alpha value is -4.11. The van der Waals surface area contributed by atoms with E-state index in [1.165, 1.54) is 0 Å². The van der Waals surface area contributed by atoms with Crippen LogP contribution in [0.15, 0.2) is 67.0 Å². The summed E-state index contributed by atoms with van der Waals surface area (Å²) < 4.78 is 12.4. The summed E-state index contributed by atoms with van der Waals surface area (Å²) in [4.78, 5) is 13.4. The lowest BCUT2D eigenvalue weighted by Crippen LogP contribution is -2.05. The summed E-state index contributed by atoms with van der Waals surface area (Å²) in [5, 5.41) is 12.8. The first-order valence-electron chi connectivity index (χ1n) is 10.2. The predicted octanol–water partition coefficient (Wildman–Crippen LogP) is 3.59. The normalized spacial score (nSPS) is 11.2. The van der Waals surface area contributed by atoms with Crippen molar-refractivity contribution in [3.8, 4) is 5.75 Å². The first kappa shape index (κ1) is 19.8. The zero-order chi connectivity index (χ0) is 21.8. The maximum absolute atomic E-state index is 5.64. The standard InChI is InChI=1S/C23H21N7O2/c1-31-11-12-32-18-8-10-25-22(14-18)26-21-7-6-20-23(27-21)30(29-28-20)15-16-4-5-19-17(13-16)3-2-9-24-19/h2-10,13-14H,11-12,15H2,1H3,(H,25,26,27). The molecule has 32 heavy (non-hydrogen) atoms. The van der Waals surface area contributed by atoms with Crippen molar-refractivity contribution < 1.29 is 9.47 Å². The third-order valence-electron chi connectivity index (χ3n) is 4.90. The lowest BCUT2D eigenvalue weighted by molar-refractivity contribution is 0.146. The molecule has 0 radical (unpaired) electrons. The summed E-state index contributed by atoms with van der Waals surface area (Å²) in [5.41, 5.74) is 3.47. The van der Waals surface area contributed by atoms with E-state index in [2.05, 4.69) is 31.7 Å². The van der Waals surface area contributed by atoms with Crippen LogP contribution < -0.4 is 10.1 Å². The molecule has 9 nitrogen and oxygen atoms in total. The number of hydrogen-bond donors (Lipinski definition) is 1. The first-order chi connectivity index (χ1) is 15.8. The van der Waals surface area contributed by atoms with Crippen LogP contribution in [0.2, 0.25) is 0 Å². The quantitative estimate of drug-likeness (QED) is 0.375. The molecular formula is C23H21N7O2. The number of benzene rings is 1. The van der Waals surface area contributed by atoms with Gasteiger partial charge in [-0.05, 0) is 42.0 Å². The molecule has 5 aromatic rings. The number of rotatable bonds is 8. The van der Waals surface area contributed by atoms with Gasteiger partial charge in [0, 0.05) is 31.0 Å². The Labute approximate surface area is 184 Å². The maximum Gasteiger partial charge on any atom is 0.180 e. The van der Waals surface area contributed by atoms with Crippen LogP contribution in [0.5, 0.6) is 5.75 Å². The Morgan fingerprint density at radius 3 is 2.78 bits per heavy atom. The predicted molar refractivity (Wildman–Crippen MR) is 121 cm³/mol. The molecule has 4 aromatic heterocycles. The molecule has 9 heteroatoms. The van der Waals surface area contributed by atoms with Crippen LogP contribution in [-0.4, -0.2) is 50.3 Å². The minimum absolute atomic E-state index is 0.472. The van der Waals surface area contributed by atoms with E-state index in [-0.39, 0.29) is 0 Å². The summed E-state index contributed by atoms with van der Waals surface area (Å²) in [6.45, 7) is 1.55. The number of aromatic nitrogens is 6. The Morgan fingerprint density at radius 2 is 1.84 bits per heavy atom. The van der Waals surface area contributed by atoms with Crippen LogP contribution in [0.3, 0.4) is 0 Å². The van der Waals surface area contributed by atoms with Crippen molar-refractivity contribution in [2.24, 2.45) is 0 Å². The molecular weight excluding hydrogens is 406 g/mol. The van der Waals surface area contributed by atoms with Crippen molar-refractivity contribution in [2.75, 3.05) is 25.6 Å². The van der Waals surface area contributed by atoms with Gasteiger partial charge in [-0.15, -0.1) is 5.10 Å². The molecule has 0 amide bonds. The highest BCUT2D eigenvalue weighted by Crippen LogP contribution is 2.21. The van der Waals surface area contributed by atoms with Gasteiger partial charge in [0.2, 0.25) is 0 Å². The van der Waals surface area contributed by atoms with Gasteiger partial charge < -0.3 is 14.8 Å². The number of nitrogens with one attached hydrogen (secondary N) is 1. The van der Waals surface area contributed by atoms with Crippen molar-refractivity contribution >= 4 is 33.7 Å². The molecule has 160 valence electrons. The summed E-state index contributed by atoms with van der Waals surface area (Å²) in [6.07, 6.45) is 3.48. The van der Waals surface area contributed by atoms with Crippen LogP contribution in [0.1, 0.15) is 5.56 Å². The van der Waals surface area contributed by atoms with Crippen molar-refractivity contribution in [1.29, 1.82) is 0 Å². The van der Waals surface area contributed by atoms with Crippen LogP contribution in [0.4, 0.5) is 11.6 Å². The number of ether oxygens (including phenoxy) is 2. The van der Waals surface area contributed by atoms with Gasteiger partial charge in [0.25, 0.3) is 0 Å². The van der Waals surface area contributed by atoms with Gasteiger partial charge in [-0.3, -0.25) is 4.98 Å². The molecule has 0 aliphatic carbocycles. The van der Waals surface area contributed by atoms with Crippen molar-refractivity contribution in [2.45, 2.75) is 6.54 Å². The summed E-state index contributed by atoms with van der Waals surface area (Å²) in [7, 11) is 1.64. The Kier molecular flexibility index (Phi) is 5.54. The summed E-state index contributed by atoms with van der Waals surface area (Å²) in [6, 6.07) is 17.5. The number of hydrogen-bond acceptors (Lipinski definition) is 8. The average Bonchev–Trinajstić information content (AvgIpc) is 3.21. The van der Waals surface area contributed by atoms with Gasteiger partial charge in [-0.1, -0.05) is 17.3 Å². The van der Waals surface area contributed by atoms with Crippen LogP contribution >= 0.6 is 0 Å². The Bertz CT molecular complexity index is 1370. The fourth-order valence-corrected chi connectivity index (χ4v) is 3.37. The molecule has 1 aromatic carbocycles. The smallest absolute Gasteiger partial charge is 0.180 e. The van der Waals surface area contributed by atoms with E-state index >= 15 is 0 Å². The minimum Gasteiger partial charge on any atom is -0.491 e. The lowest BCUT2D eigenvalue weighted by atomic mass is 10.1. The topological polar surface area (TPSA) is 99.9 Å². The van der Waals surface area contributed by atoms with E-state index in [0.29, 0.717) is 42.8 Å². The molecule has 0 saturated heterocycles. The summed E-state index contributed by atoms with van der Waals surface area (Å²) in [5.74, 6) is 1.98. The molecule has 0 saturated carbocycles. The molecule has 0 fully saturated rings. The van der Waals surface area contributed by atoms with E-state index in [9.17, 15) is 0 Å². The SMILES string of the molecule is COCCOc1ccnc(Nc2ccc3nnn(Cc4ccc5ncccc5c4)c3n2)c1. The number of methoxy groups -OCH3 is 1. The zero-order valence-electron chi connectivity index (χ0n) is 17.5. The maximum atomic E-state index is 5.64. The Morgan fingerprint density at radius 1 is 0.906 bits per heavy atom. The van der Waals surface area contributed by atoms with E-state index in [1.54, 1.807) is 30.3 Å². The molecule has 4 heterocycles. The minimum atomic E-state index is 0.472. The number of nitrogens with zero attached hydrogens (tertiary/aromatic N) is 6. The average molecular weight is 427 g/mol. The van der Waals surface area contributed by atoms with Gasteiger partial charge in [0.05, 0.1) is 18.7 Å². The molecule has 0 atom stereocenters. The highest BCUT2D eigenvalue weighted by Gasteiger charge is 2.09. The largest absolute Gasteiger partial charge is 0.491 e. The number of anilines is 2. The van der Waals surface area contributed by atoms with Gasteiger partial charge in [0.15, 0.2) is 5.65 Å². The van der Waals surface area contributed by atoms with Crippen molar-refractivity contribution in [3.63, 3.8) is 0 Å². The molecule has 0 spiro atoms. The second-order valence-electron chi connectivity index (χ2n) is 7.16. The third-order valence-corrected chi connectivity index (χ3v) is 4.90. The van der Waals surface area contributed by atoms with Gasteiger partial charge in [-0.2, -0.15) is 0 Å². The van der Waals surface area contributed by atoms with E-state index in [1.807, 2.05) is 42.5 Å². The first-order valence-corrected chi connectivity index (χ1v) is 10.2. The van der Waals surface area contributed by atoms with Crippen LogP contribution in [0.25, 0.3) is 22.1 Å². The summed E-state index contributed by atoms with van der Waals surface area (Å²) >= 11 is 0. The molecule has 5 rings (SSSR count). The molecule has 1 N–H and O–H groups in total. The van der Waals surface area contributed by atoms with Crippen LogP contribution in [-0.2, 0) is 11.3 Å². The van der Waals surface area contributed by atoms with E-state index in [4.69, 9.17) is 14.5 Å². The third kappa shape index (κ3) is 4.33. The van der Waals surface area contributed by atoms with Gasteiger partial charge in [-0.25, -0.2) is 14.6 Å². The van der Waals surface area contributed by atoms with Crippen molar-refractivity contribution in [3.05, 3.63) is 72.6 Å². The fraction of sp³-hybridized carbons (Fsp3) is 0.174. The molecule has 0 bridgehead atoms. The van der Waals surface area contributed by atoms with Gasteiger partial charge >= 0.3 is 0 Å². The molecule has 0 aliphatic heterocycles. The highest BCUT2D eigenvalue weighted by molar-refractivity contribution is 5.79. The second-order valence-corrected chi connectivity index (χ2v) is 7.16. The fourth-order valence-electron chi connectivity index (χ4n) is 3.37. The Balaban J connectivity index is 1.37. The number of fused-ring (bicyclic) bond motifs is 2. The lowest BCUT2D eigenvalue weighted by Gasteiger charge is -2.09. The molecule has 0 unspecified atom stereocenters. The molecule has 0 aliphatic rings. The second kappa shape index (κ2) is 8.94. The monoisotopic (exact) mass is 427 g/mol. The zero-order valence-corrected chi connectivity index (χ0v) is 17.5. The van der Waals surface area contributed by atoms with Crippen molar-refractivity contribution in [1.82, 2.24) is 29.9 Å². The van der Waals surface area contributed by atoms with Gasteiger partial charge in [0.1, 0.15) is 29.5 Å².